The highest BCUT2D eigenvalue weighted by molar-refractivity contribution is 7.89. The predicted molar refractivity (Wildman–Crippen MR) is 158 cm³/mol. The fourth-order valence-corrected chi connectivity index (χ4v) is 6.94. The minimum Gasteiger partial charge on any atom is -0.478 e. The Kier molecular flexibility index (Phi) is 11.8. The number of hydrogen-bond acceptors (Lipinski definition) is 7. The van der Waals surface area contributed by atoms with Crippen LogP contribution in [0.4, 0.5) is 8.78 Å². The molecule has 9 nitrogen and oxygen atoms in total. The number of ether oxygens (including phenoxy) is 1. The van der Waals surface area contributed by atoms with Crippen LogP contribution in [-0.2, 0) is 41.1 Å². The molecule has 13 heteroatoms. The molecular weight excluding hydrogens is 603 g/mol. The Morgan fingerprint density at radius 2 is 1.44 bits per heavy atom. The van der Waals surface area contributed by atoms with Crippen LogP contribution < -0.4 is 9.46 Å². The normalized spacial score (nSPS) is 12.6. The lowest BCUT2D eigenvalue weighted by atomic mass is 9.98. The minimum absolute atomic E-state index is 0.00976. The van der Waals surface area contributed by atoms with Gasteiger partial charge in [0.15, 0.2) is 17.4 Å². The first-order valence-corrected chi connectivity index (χ1v) is 16.7. The molecule has 232 valence electrons. The average Bonchev–Trinajstić information content (AvgIpc) is 2.95. The zero-order valence-electron chi connectivity index (χ0n) is 24.2. The Bertz CT molecular complexity index is 1590. The molecule has 0 aliphatic carbocycles. The number of carboxylic acid groups (broad SMARTS) is 1. The van der Waals surface area contributed by atoms with Gasteiger partial charge in [-0.05, 0) is 85.9 Å². The molecule has 0 fully saturated rings. The summed E-state index contributed by atoms with van der Waals surface area (Å²) in [6.07, 6.45) is 0.340. The van der Waals surface area contributed by atoms with Crippen LogP contribution in [0.3, 0.4) is 0 Å². The minimum atomic E-state index is -3.94. The molecule has 0 aromatic heterocycles. The summed E-state index contributed by atoms with van der Waals surface area (Å²) in [5.41, 5.74) is 1.71. The number of nitrogens with one attached hydrogen (secondary N) is 1. The summed E-state index contributed by atoms with van der Waals surface area (Å²) in [5, 5.41) is 9.24. The Balaban J connectivity index is 1.68. The summed E-state index contributed by atoms with van der Waals surface area (Å²) >= 11 is 0. The van der Waals surface area contributed by atoms with Gasteiger partial charge >= 0.3 is 13.6 Å². The van der Waals surface area contributed by atoms with Crippen molar-refractivity contribution < 1.29 is 45.4 Å². The molecule has 43 heavy (non-hydrogen) atoms. The standard InChI is InChI=1S/C30H34F2NO8PS/c1-5-26(20(4)30(34)35)23-16-27(31)29(28(32)17-23)41-24-12-14-25(15-13-24)43(37,38)33-18-21-8-10-22(11-9-21)19-42(36,39-6-2)40-7-3/h8-17,33H,5-7,18-19H2,1-4H3,(H,34,35)/b26-20+. The fraction of sp³-hybridized carbons (Fsp3) is 0.300. The van der Waals surface area contributed by atoms with Gasteiger partial charge in [-0.25, -0.2) is 26.7 Å². The van der Waals surface area contributed by atoms with E-state index in [2.05, 4.69) is 4.72 Å². The van der Waals surface area contributed by atoms with Crippen molar-refractivity contribution in [1.29, 1.82) is 0 Å². The van der Waals surface area contributed by atoms with Gasteiger partial charge < -0.3 is 18.9 Å². The number of hydrogen-bond donors (Lipinski definition) is 2. The Hall–Kier alpha value is -3.41. The van der Waals surface area contributed by atoms with Crippen molar-refractivity contribution in [3.8, 4) is 11.5 Å². The molecule has 0 unspecified atom stereocenters. The van der Waals surface area contributed by atoms with Crippen molar-refractivity contribution >= 4 is 29.2 Å². The fourth-order valence-electron chi connectivity index (χ4n) is 4.22. The van der Waals surface area contributed by atoms with Gasteiger partial charge in [-0.2, -0.15) is 0 Å². The van der Waals surface area contributed by atoms with E-state index < -0.39 is 41.0 Å². The van der Waals surface area contributed by atoms with Crippen LogP contribution in [0.25, 0.3) is 5.57 Å². The number of aliphatic carboxylic acids is 1. The first kappa shape index (κ1) is 34.1. The van der Waals surface area contributed by atoms with E-state index in [9.17, 15) is 31.7 Å². The number of carbonyl (C=O) groups is 1. The Labute approximate surface area is 250 Å². The van der Waals surface area contributed by atoms with Crippen molar-refractivity contribution in [1.82, 2.24) is 4.72 Å². The SMILES string of the molecule is CCOP(=O)(Cc1ccc(CNS(=O)(=O)c2ccc(Oc3c(F)cc(/C(CC)=C(\C)C(=O)O)cc3F)cc2)cc1)OCC. The van der Waals surface area contributed by atoms with Gasteiger partial charge in [0.05, 0.1) is 24.3 Å². The summed E-state index contributed by atoms with van der Waals surface area (Å²) < 4.78 is 86.4. The summed E-state index contributed by atoms with van der Waals surface area (Å²) in [5.74, 6) is -3.99. The van der Waals surface area contributed by atoms with Crippen LogP contribution in [0.5, 0.6) is 11.5 Å². The van der Waals surface area contributed by atoms with Crippen LogP contribution in [0, 0.1) is 11.6 Å². The number of rotatable bonds is 15. The van der Waals surface area contributed by atoms with Crippen LogP contribution in [0.15, 0.2) is 71.1 Å². The molecule has 0 spiro atoms. The molecule has 0 radical (unpaired) electrons. The molecule has 0 heterocycles. The number of allylic oxidation sites excluding steroid dienone is 1. The molecule has 0 atom stereocenters. The van der Waals surface area contributed by atoms with Crippen LogP contribution in [0.1, 0.15) is 50.8 Å². The molecule has 0 aliphatic heterocycles. The van der Waals surface area contributed by atoms with Gasteiger partial charge in [0.1, 0.15) is 5.75 Å². The molecule has 0 amide bonds. The molecule has 3 aromatic carbocycles. The summed E-state index contributed by atoms with van der Waals surface area (Å²) in [7, 11) is -7.21. The van der Waals surface area contributed by atoms with E-state index in [1.165, 1.54) is 31.2 Å². The van der Waals surface area contributed by atoms with Gasteiger partial charge in [-0.3, -0.25) is 4.57 Å². The number of benzene rings is 3. The van der Waals surface area contributed by atoms with Gasteiger partial charge in [0.25, 0.3) is 0 Å². The molecule has 3 aromatic rings. The van der Waals surface area contributed by atoms with E-state index in [1.54, 1.807) is 45.0 Å². The Morgan fingerprint density at radius 1 is 0.907 bits per heavy atom. The quantitative estimate of drug-likeness (QED) is 0.132. The second kappa shape index (κ2) is 14.9. The summed E-state index contributed by atoms with van der Waals surface area (Å²) in [4.78, 5) is 11.2. The van der Waals surface area contributed by atoms with E-state index in [0.717, 1.165) is 12.1 Å². The van der Waals surface area contributed by atoms with Gasteiger partial charge in [0, 0.05) is 12.1 Å². The second-order valence-electron chi connectivity index (χ2n) is 9.35. The van der Waals surface area contributed by atoms with E-state index in [4.69, 9.17) is 13.8 Å². The molecule has 2 N–H and O–H groups in total. The zero-order valence-corrected chi connectivity index (χ0v) is 25.9. The van der Waals surface area contributed by atoms with Gasteiger partial charge in [-0.1, -0.05) is 31.2 Å². The lowest BCUT2D eigenvalue weighted by molar-refractivity contribution is -0.132. The maximum absolute atomic E-state index is 14.8. The van der Waals surface area contributed by atoms with Gasteiger partial charge in [-0.15, -0.1) is 0 Å². The monoisotopic (exact) mass is 637 g/mol. The van der Waals surface area contributed by atoms with E-state index in [-0.39, 0.29) is 59.7 Å². The van der Waals surface area contributed by atoms with E-state index in [1.807, 2.05) is 0 Å². The largest absolute Gasteiger partial charge is 0.478 e. The Morgan fingerprint density at radius 3 is 1.93 bits per heavy atom. The smallest absolute Gasteiger partial charge is 0.335 e. The van der Waals surface area contributed by atoms with E-state index in [0.29, 0.717) is 11.1 Å². The topological polar surface area (TPSA) is 128 Å². The molecule has 0 saturated heterocycles. The lowest BCUT2D eigenvalue weighted by Crippen LogP contribution is -2.23. The molecule has 3 rings (SSSR count). The first-order chi connectivity index (χ1) is 20.3. The molecule has 0 bridgehead atoms. The van der Waals surface area contributed by atoms with Crippen molar-refractivity contribution in [2.75, 3.05) is 13.2 Å². The number of carboxylic acids is 1. The van der Waals surface area contributed by atoms with E-state index >= 15 is 0 Å². The number of halogens is 2. The van der Waals surface area contributed by atoms with Crippen molar-refractivity contribution in [2.45, 2.75) is 51.7 Å². The first-order valence-electron chi connectivity index (χ1n) is 13.5. The third kappa shape index (κ3) is 9.04. The summed E-state index contributed by atoms with van der Waals surface area (Å²) in [6, 6.07) is 13.8. The third-order valence-corrected chi connectivity index (χ3v) is 9.82. The highest BCUT2D eigenvalue weighted by atomic mass is 32.2. The zero-order chi connectivity index (χ0) is 31.8. The highest BCUT2D eigenvalue weighted by Gasteiger charge is 2.24. The lowest BCUT2D eigenvalue weighted by Gasteiger charge is -2.17. The number of sulfonamides is 1. The highest BCUT2D eigenvalue weighted by Crippen LogP contribution is 2.51. The molecule has 0 aliphatic rings. The summed E-state index contributed by atoms with van der Waals surface area (Å²) in [6.45, 7) is 6.97. The van der Waals surface area contributed by atoms with Crippen LogP contribution >= 0.6 is 7.60 Å². The van der Waals surface area contributed by atoms with Crippen LogP contribution in [0.2, 0.25) is 0 Å². The predicted octanol–water partition coefficient (Wildman–Crippen LogP) is 7.27. The third-order valence-electron chi connectivity index (χ3n) is 6.34. The average molecular weight is 638 g/mol. The van der Waals surface area contributed by atoms with Crippen molar-refractivity contribution in [2.24, 2.45) is 0 Å². The van der Waals surface area contributed by atoms with Crippen LogP contribution in [-0.4, -0.2) is 32.7 Å². The molecular formula is C30H34F2NO8PS. The maximum Gasteiger partial charge on any atom is 0.335 e. The second-order valence-corrected chi connectivity index (χ2v) is 13.2. The van der Waals surface area contributed by atoms with Crippen molar-refractivity contribution in [3.63, 3.8) is 0 Å². The van der Waals surface area contributed by atoms with Gasteiger partial charge in [0.2, 0.25) is 10.0 Å². The maximum atomic E-state index is 14.8. The molecule has 0 saturated carbocycles. The van der Waals surface area contributed by atoms with Crippen molar-refractivity contribution in [3.05, 3.63) is 94.6 Å².